The second kappa shape index (κ2) is 6.07. The van der Waals surface area contributed by atoms with E-state index >= 15 is 0 Å². The summed E-state index contributed by atoms with van der Waals surface area (Å²) < 4.78 is 5.23. The summed E-state index contributed by atoms with van der Waals surface area (Å²) in [4.78, 5) is 11.8. The van der Waals surface area contributed by atoms with Crippen molar-refractivity contribution in [3.05, 3.63) is 11.4 Å². The van der Waals surface area contributed by atoms with E-state index in [-0.39, 0.29) is 11.8 Å². The molecule has 1 aliphatic carbocycles. The fraction of sp³-hybridized carbons (Fsp3) is 0.636. The molecule has 1 fully saturated rings. The van der Waals surface area contributed by atoms with Gasteiger partial charge in [0.05, 0.1) is 0 Å². The topological polar surface area (TPSA) is 64.1 Å². The van der Waals surface area contributed by atoms with Gasteiger partial charge in [-0.05, 0) is 26.2 Å². The van der Waals surface area contributed by atoms with Gasteiger partial charge >= 0.3 is 0 Å². The minimum absolute atomic E-state index is 0.0293. The number of hydrogen-bond donors (Lipinski definition) is 1. The molecule has 1 aromatic heterocycles. The molecule has 17 heavy (non-hydrogen) atoms. The first-order valence-corrected chi connectivity index (χ1v) is 6.65. The number of ether oxygens (including phenoxy) is 1. The van der Waals surface area contributed by atoms with Crippen molar-refractivity contribution in [1.82, 2.24) is 10.2 Å². The minimum atomic E-state index is 0.0293. The van der Waals surface area contributed by atoms with Crippen LogP contribution in [-0.4, -0.2) is 22.7 Å². The molecule has 0 aromatic carbocycles. The number of amides is 1. The lowest BCUT2D eigenvalue weighted by atomic mass is 10.1. The molecular formula is C11H16N3O2S. The Labute approximate surface area is 105 Å². The Bertz CT molecular complexity index is 375. The SMILES string of the molecule is CCOCc1nnc(NC(=O)C2[CH]CCC2)s1. The van der Waals surface area contributed by atoms with Gasteiger partial charge in [-0.1, -0.05) is 17.8 Å². The lowest BCUT2D eigenvalue weighted by Crippen LogP contribution is -2.20. The van der Waals surface area contributed by atoms with Crippen molar-refractivity contribution >= 4 is 22.4 Å². The van der Waals surface area contributed by atoms with Crippen molar-refractivity contribution in [2.24, 2.45) is 5.92 Å². The van der Waals surface area contributed by atoms with Gasteiger partial charge in [0.1, 0.15) is 11.6 Å². The number of rotatable bonds is 5. The smallest absolute Gasteiger partial charge is 0.229 e. The van der Waals surface area contributed by atoms with Crippen LogP contribution in [0.2, 0.25) is 0 Å². The molecule has 1 aromatic rings. The molecule has 0 saturated heterocycles. The Balaban J connectivity index is 1.85. The Morgan fingerprint density at radius 1 is 1.65 bits per heavy atom. The van der Waals surface area contributed by atoms with Gasteiger partial charge in [0.25, 0.3) is 0 Å². The van der Waals surface area contributed by atoms with Crippen LogP contribution in [0.25, 0.3) is 0 Å². The first kappa shape index (κ1) is 12.4. The summed E-state index contributed by atoms with van der Waals surface area (Å²) in [6.45, 7) is 3.04. The van der Waals surface area contributed by atoms with Crippen LogP contribution in [0, 0.1) is 12.3 Å². The highest BCUT2D eigenvalue weighted by atomic mass is 32.1. The molecule has 6 heteroatoms. The monoisotopic (exact) mass is 254 g/mol. The zero-order chi connectivity index (χ0) is 12.1. The highest BCUT2D eigenvalue weighted by Crippen LogP contribution is 2.25. The van der Waals surface area contributed by atoms with Crippen molar-refractivity contribution in [3.8, 4) is 0 Å². The summed E-state index contributed by atoms with van der Waals surface area (Å²) in [6.07, 6.45) is 5.14. The van der Waals surface area contributed by atoms with Crippen LogP contribution >= 0.6 is 11.3 Å². The van der Waals surface area contributed by atoms with Crippen LogP contribution in [0.4, 0.5) is 5.13 Å². The fourth-order valence-electron chi connectivity index (χ4n) is 1.76. The Morgan fingerprint density at radius 3 is 3.24 bits per heavy atom. The summed E-state index contributed by atoms with van der Waals surface area (Å²) >= 11 is 1.37. The van der Waals surface area contributed by atoms with Crippen LogP contribution in [0.5, 0.6) is 0 Å². The number of anilines is 1. The Hall–Kier alpha value is -1.01. The number of nitrogens with one attached hydrogen (secondary N) is 1. The number of aromatic nitrogens is 2. The second-order valence-corrected chi connectivity index (χ2v) is 4.96. The Morgan fingerprint density at radius 2 is 2.53 bits per heavy atom. The zero-order valence-electron chi connectivity index (χ0n) is 9.81. The first-order chi connectivity index (χ1) is 8.29. The van der Waals surface area contributed by atoms with Gasteiger partial charge in [-0.25, -0.2) is 0 Å². The highest BCUT2D eigenvalue weighted by Gasteiger charge is 2.23. The van der Waals surface area contributed by atoms with Crippen molar-refractivity contribution in [2.75, 3.05) is 11.9 Å². The summed E-state index contributed by atoms with van der Waals surface area (Å²) in [5.41, 5.74) is 0. The average molecular weight is 254 g/mol. The number of carbonyl (C=O) groups is 1. The standard InChI is InChI=1S/C11H16N3O2S/c1-2-16-7-9-13-14-11(17-9)12-10(15)8-5-3-4-6-8/h5,8H,2-4,6-7H2,1H3,(H,12,14,15). The number of carbonyl (C=O) groups excluding carboxylic acids is 1. The van der Waals surface area contributed by atoms with E-state index < -0.39 is 0 Å². The molecule has 1 heterocycles. The minimum Gasteiger partial charge on any atom is -0.374 e. The predicted octanol–water partition coefficient (Wildman–Crippen LogP) is 2.02. The van der Waals surface area contributed by atoms with Crippen LogP contribution in [0.3, 0.4) is 0 Å². The molecule has 1 amide bonds. The second-order valence-electron chi connectivity index (χ2n) is 3.90. The van der Waals surface area contributed by atoms with E-state index in [1.807, 2.05) is 6.92 Å². The predicted molar refractivity (Wildman–Crippen MR) is 65.5 cm³/mol. The first-order valence-electron chi connectivity index (χ1n) is 5.84. The van der Waals surface area contributed by atoms with Crippen LogP contribution < -0.4 is 5.32 Å². The van der Waals surface area contributed by atoms with Gasteiger partial charge in [-0.3, -0.25) is 4.79 Å². The van der Waals surface area contributed by atoms with Gasteiger partial charge in [0.15, 0.2) is 0 Å². The Kier molecular flexibility index (Phi) is 4.44. The van der Waals surface area contributed by atoms with Gasteiger partial charge < -0.3 is 10.1 Å². The van der Waals surface area contributed by atoms with Crippen molar-refractivity contribution in [2.45, 2.75) is 32.8 Å². The summed E-state index contributed by atoms with van der Waals surface area (Å²) in [5, 5.41) is 12.0. The molecule has 1 N–H and O–H groups in total. The lowest BCUT2D eigenvalue weighted by Gasteiger charge is -2.06. The van der Waals surface area contributed by atoms with Crippen molar-refractivity contribution in [1.29, 1.82) is 0 Å². The molecule has 93 valence electrons. The van der Waals surface area contributed by atoms with E-state index in [2.05, 4.69) is 21.9 Å². The van der Waals surface area contributed by atoms with Crippen LogP contribution in [0.1, 0.15) is 31.2 Å². The van der Waals surface area contributed by atoms with E-state index in [9.17, 15) is 4.79 Å². The van der Waals surface area contributed by atoms with Crippen molar-refractivity contribution < 1.29 is 9.53 Å². The molecule has 0 spiro atoms. The lowest BCUT2D eigenvalue weighted by molar-refractivity contribution is -0.118. The maximum Gasteiger partial charge on any atom is 0.229 e. The maximum absolute atomic E-state index is 11.8. The van der Waals surface area contributed by atoms with Crippen molar-refractivity contribution in [3.63, 3.8) is 0 Å². The molecule has 1 unspecified atom stereocenters. The number of nitrogens with zero attached hydrogens (tertiary/aromatic N) is 2. The third-order valence-corrected chi connectivity index (χ3v) is 3.45. The molecular weight excluding hydrogens is 238 g/mol. The molecule has 0 aliphatic heterocycles. The normalized spacial score (nSPS) is 16.3. The maximum atomic E-state index is 11.8. The van der Waals surface area contributed by atoms with Gasteiger partial charge in [0, 0.05) is 12.5 Å². The third-order valence-electron chi connectivity index (χ3n) is 2.63. The molecule has 2 rings (SSSR count). The molecule has 1 radical (unpaired) electrons. The van der Waals surface area contributed by atoms with E-state index in [4.69, 9.17) is 4.74 Å². The van der Waals surface area contributed by atoms with Crippen LogP contribution in [-0.2, 0) is 16.1 Å². The quantitative estimate of drug-likeness (QED) is 0.873. The van der Waals surface area contributed by atoms with E-state index in [0.717, 1.165) is 24.3 Å². The van der Waals surface area contributed by atoms with Gasteiger partial charge in [-0.2, -0.15) is 0 Å². The highest BCUT2D eigenvalue weighted by molar-refractivity contribution is 7.15. The van der Waals surface area contributed by atoms with E-state index in [0.29, 0.717) is 18.3 Å². The fourth-order valence-corrected chi connectivity index (χ4v) is 2.44. The van der Waals surface area contributed by atoms with Gasteiger partial charge in [-0.15, -0.1) is 10.2 Å². The summed E-state index contributed by atoms with van der Waals surface area (Å²) in [5.74, 6) is 0.0656. The van der Waals surface area contributed by atoms with E-state index in [1.54, 1.807) is 0 Å². The van der Waals surface area contributed by atoms with Gasteiger partial charge in [0.2, 0.25) is 11.0 Å². The summed E-state index contributed by atoms with van der Waals surface area (Å²) in [7, 11) is 0. The molecule has 1 saturated carbocycles. The largest absolute Gasteiger partial charge is 0.374 e. The third kappa shape index (κ3) is 3.47. The van der Waals surface area contributed by atoms with E-state index in [1.165, 1.54) is 11.3 Å². The molecule has 1 aliphatic rings. The molecule has 1 atom stereocenters. The molecule has 5 nitrogen and oxygen atoms in total. The number of hydrogen-bond acceptors (Lipinski definition) is 5. The summed E-state index contributed by atoms with van der Waals surface area (Å²) in [6, 6.07) is 0. The van der Waals surface area contributed by atoms with Crippen LogP contribution in [0.15, 0.2) is 0 Å². The average Bonchev–Trinajstić information content (AvgIpc) is 2.97. The molecule has 0 bridgehead atoms. The zero-order valence-corrected chi connectivity index (χ0v) is 10.6.